The van der Waals surface area contributed by atoms with Crippen LogP contribution in [-0.4, -0.2) is 54.0 Å². The fourth-order valence-corrected chi connectivity index (χ4v) is 2.00. The van der Waals surface area contributed by atoms with Crippen LogP contribution in [0.2, 0.25) is 0 Å². The number of nitrogens with two attached hydrogens (primary N) is 1. The van der Waals surface area contributed by atoms with E-state index in [1.165, 1.54) is 6.42 Å². The van der Waals surface area contributed by atoms with Crippen molar-refractivity contribution in [2.45, 2.75) is 32.7 Å². The maximum Gasteiger partial charge on any atom is 0.237 e. The molecule has 0 aromatic heterocycles. The Kier molecular flexibility index (Phi) is 4.11. The van der Waals surface area contributed by atoms with Crippen LogP contribution in [0, 0.1) is 0 Å². The zero-order valence-electron chi connectivity index (χ0n) is 10.1. The first kappa shape index (κ1) is 12.5. The Morgan fingerprint density at radius 3 is 2.20 bits per heavy atom. The average Bonchev–Trinajstić information content (AvgIpc) is 2.19. The van der Waals surface area contributed by atoms with E-state index in [1.54, 1.807) is 0 Å². The standard InChI is InChI=1S/C11H23N3O/c1-4-5-13-6-8-14(9-7-13)11(2,3)10(12)15/h4-9H2,1-3H3,(H2,12,15). The van der Waals surface area contributed by atoms with E-state index in [2.05, 4.69) is 16.7 Å². The lowest BCUT2D eigenvalue weighted by molar-refractivity contribution is -0.129. The Morgan fingerprint density at radius 2 is 1.80 bits per heavy atom. The Bertz CT molecular complexity index is 220. The molecule has 4 heteroatoms. The van der Waals surface area contributed by atoms with Gasteiger partial charge in [0, 0.05) is 26.2 Å². The largest absolute Gasteiger partial charge is 0.368 e. The second-order valence-corrected chi connectivity index (χ2v) is 4.75. The first-order chi connectivity index (χ1) is 6.98. The minimum absolute atomic E-state index is 0.230. The van der Waals surface area contributed by atoms with E-state index in [4.69, 9.17) is 5.73 Å². The number of amides is 1. The van der Waals surface area contributed by atoms with Crippen molar-refractivity contribution in [1.29, 1.82) is 0 Å². The fraction of sp³-hybridized carbons (Fsp3) is 0.909. The molecule has 0 aliphatic carbocycles. The SMILES string of the molecule is CCCN1CCN(C(C)(C)C(N)=O)CC1. The van der Waals surface area contributed by atoms with Crippen LogP contribution in [0.3, 0.4) is 0 Å². The highest BCUT2D eigenvalue weighted by Gasteiger charge is 2.34. The molecule has 0 radical (unpaired) electrons. The van der Waals surface area contributed by atoms with Gasteiger partial charge >= 0.3 is 0 Å². The van der Waals surface area contributed by atoms with E-state index >= 15 is 0 Å². The van der Waals surface area contributed by atoms with E-state index in [9.17, 15) is 4.79 Å². The van der Waals surface area contributed by atoms with E-state index in [0.29, 0.717) is 0 Å². The molecule has 1 aliphatic heterocycles. The van der Waals surface area contributed by atoms with E-state index in [1.807, 2.05) is 13.8 Å². The summed E-state index contributed by atoms with van der Waals surface area (Å²) in [6.45, 7) is 11.1. The number of hydrogen-bond donors (Lipinski definition) is 1. The van der Waals surface area contributed by atoms with Crippen molar-refractivity contribution >= 4 is 5.91 Å². The number of rotatable bonds is 4. The van der Waals surface area contributed by atoms with Crippen LogP contribution in [0.5, 0.6) is 0 Å². The van der Waals surface area contributed by atoms with Crippen molar-refractivity contribution in [3.63, 3.8) is 0 Å². The monoisotopic (exact) mass is 213 g/mol. The summed E-state index contributed by atoms with van der Waals surface area (Å²) in [5.74, 6) is -0.230. The molecule has 88 valence electrons. The molecule has 1 saturated heterocycles. The normalized spacial score (nSPS) is 20.5. The maximum absolute atomic E-state index is 11.3. The summed E-state index contributed by atoms with van der Waals surface area (Å²) in [7, 11) is 0. The van der Waals surface area contributed by atoms with Crippen LogP contribution >= 0.6 is 0 Å². The molecule has 0 saturated carbocycles. The number of carbonyl (C=O) groups excluding carboxylic acids is 1. The van der Waals surface area contributed by atoms with Gasteiger partial charge in [0.2, 0.25) is 5.91 Å². The number of nitrogens with zero attached hydrogens (tertiary/aromatic N) is 2. The van der Waals surface area contributed by atoms with Gasteiger partial charge in [0.25, 0.3) is 0 Å². The molecule has 0 aromatic carbocycles. The Morgan fingerprint density at radius 1 is 1.27 bits per heavy atom. The van der Waals surface area contributed by atoms with Crippen molar-refractivity contribution in [3.05, 3.63) is 0 Å². The molecule has 0 aromatic rings. The molecule has 1 amide bonds. The van der Waals surface area contributed by atoms with E-state index in [0.717, 1.165) is 32.7 Å². The van der Waals surface area contributed by atoms with Crippen molar-refractivity contribution in [1.82, 2.24) is 9.80 Å². The van der Waals surface area contributed by atoms with Crippen LogP contribution < -0.4 is 5.73 Å². The third-order valence-corrected chi connectivity index (χ3v) is 3.31. The van der Waals surface area contributed by atoms with Crippen LogP contribution in [0.1, 0.15) is 27.2 Å². The minimum atomic E-state index is -0.502. The van der Waals surface area contributed by atoms with Crippen LogP contribution in [0.25, 0.3) is 0 Å². The van der Waals surface area contributed by atoms with Gasteiger partial charge in [-0.05, 0) is 26.8 Å². The zero-order valence-corrected chi connectivity index (χ0v) is 10.1. The summed E-state index contributed by atoms with van der Waals surface area (Å²) >= 11 is 0. The van der Waals surface area contributed by atoms with Gasteiger partial charge < -0.3 is 10.6 Å². The topological polar surface area (TPSA) is 49.6 Å². The predicted molar refractivity (Wildman–Crippen MR) is 61.6 cm³/mol. The summed E-state index contributed by atoms with van der Waals surface area (Å²) in [6.07, 6.45) is 1.19. The van der Waals surface area contributed by atoms with Crippen LogP contribution in [0.15, 0.2) is 0 Å². The van der Waals surface area contributed by atoms with Gasteiger partial charge in [0.1, 0.15) is 0 Å². The number of hydrogen-bond acceptors (Lipinski definition) is 3. The van der Waals surface area contributed by atoms with Crippen molar-refractivity contribution in [3.8, 4) is 0 Å². The van der Waals surface area contributed by atoms with Gasteiger partial charge in [-0.2, -0.15) is 0 Å². The molecule has 0 unspecified atom stereocenters. The predicted octanol–water partition coefficient (Wildman–Crippen LogP) is 0.278. The third-order valence-electron chi connectivity index (χ3n) is 3.31. The second kappa shape index (κ2) is 4.94. The molecule has 1 heterocycles. The average molecular weight is 213 g/mol. The van der Waals surface area contributed by atoms with Gasteiger partial charge in [-0.3, -0.25) is 9.69 Å². The van der Waals surface area contributed by atoms with E-state index in [-0.39, 0.29) is 5.91 Å². The molecule has 1 fully saturated rings. The molecule has 1 rings (SSSR count). The van der Waals surface area contributed by atoms with Crippen molar-refractivity contribution < 1.29 is 4.79 Å². The molecule has 15 heavy (non-hydrogen) atoms. The van der Waals surface area contributed by atoms with E-state index < -0.39 is 5.54 Å². The zero-order chi connectivity index (χ0) is 11.5. The Hall–Kier alpha value is -0.610. The van der Waals surface area contributed by atoms with Crippen LogP contribution in [-0.2, 0) is 4.79 Å². The Balaban J connectivity index is 2.46. The molecule has 0 spiro atoms. The molecular weight excluding hydrogens is 190 g/mol. The minimum Gasteiger partial charge on any atom is -0.368 e. The highest BCUT2D eigenvalue weighted by Crippen LogP contribution is 2.16. The first-order valence-electron chi connectivity index (χ1n) is 5.75. The van der Waals surface area contributed by atoms with Gasteiger partial charge in [0.05, 0.1) is 5.54 Å². The maximum atomic E-state index is 11.3. The lowest BCUT2D eigenvalue weighted by Gasteiger charge is -2.42. The molecular formula is C11H23N3O. The summed E-state index contributed by atoms with van der Waals surface area (Å²) in [5, 5.41) is 0. The highest BCUT2D eigenvalue weighted by molar-refractivity contribution is 5.83. The molecule has 0 atom stereocenters. The Labute approximate surface area is 92.4 Å². The van der Waals surface area contributed by atoms with Crippen LogP contribution in [0.4, 0.5) is 0 Å². The number of piperazine rings is 1. The molecule has 4 nitrogen and oxygen atoms in total. The highest BCUT2D eigenvalue weighted by atomic mass is 16.1. The number of carbonyl (C=O) groups is 1. The first-order valence-corrected chi connectivity index (χ1v) is 5.75. The molecule has 2 N–H and O–H groups in total. The lowest BCUT2D eigenvalue weighted by atomic mass is 10.0. The van der Waals surface area contributed by atoms with Gasteiger partial charge in [-0.25, -0.2) is 0 Å². The summed E-state index contributed by atoms with van der Waals surface area (Å²) in [5.41, 5.74) is 4.90. The molecule has 1 aliphatic rings. The lowest BCUT2D eigenvalue weighted by Crippen LogP contribution is -2.59. The quantitative estimate of drug-likeness (QED) is 0.729. The van der Waals surface area contributed by atoms with Crippen molar-refractivity contribution in [2.75, 3.05) is 32.7 Å². The molecule has 0 bridgehead atoms. The number of primary amides is 1. The summed E-state index contributed by atoms with van der Waals surface area (Å²) in [6, 6.07) is 0. The van der Waals surface area contributed by atoms with Gasteiger partial charge in [-0.1, -0.05) is 6.92 Å². The summed E-state index contributed by atoms with van der Waals surface area (Å²) < 4.78 is 0. The van der Waals surface area contributed by atoms with Gasteiger partial charge in [-0.15, -0.1) is 0 Å². The second-order valence-electron chi connectivity index (χ2n) is 4.75. The van der Waals surface area contributed by atoms with Crippen molar-refractivity contribution in [2.24, 2.45) is 5.73 Å². The summed E-state index contributed by atoms with van der Waals surface area (Å²) in [4.78, 5) is 15.9. The fourth-order valence-electron chi connectivity index (χ4n) is 2.00. The third kappa shape index (κ3) is 2.92. The van der Waals surface area contributed by atoms with Gasteiger partial charge in [0.15, 0.2) is 0 Å². The smallest absolute Gasteiger partial charge is 0.237 e.